The summed E-state index contributed by atoms with van der Waals surface area (Å²) in [4.78, 5) is 16.9. The molecule has 1 aliphatic rings. The van der Waals surface area contributed by atoms with E-state index in [1.54, 1.807) is 25.3 Å². The van der Waals surface area contributed by atoms with Crippen LogP contribution in [0, 0.1) is 0 Å². The standard InChI is InChI=1S/C15H23N3O2/c1-11-10-17(2)7-4-8-18(11)15(19)12-5-6-13(16)14(9-12)20-3/h5-6,9,11H,4,7-8,10,16H2,1-3H3. The van der Waals surface area contributed by atoms with Crippen LogP contribution in [-0.2, 0) is 0 Å². The van der Waals surface area contributed by atoms with Crippen molar-refractivity contribution in [1.29, 1.82) is 0 Å². The Labute approximate surface area is 120 Å². The van der Waals surface area contributed by atoms with E-state index in [1.807, 2.05) is 4.90 Å². The number of likely N-dealkylation sites (N-methyl/N-ethyl adjacent to an activating group) is 1. The van der Waals surface area contributed by atoms with E-state index in [0.29, 0.717) is 17.0 Å². The van der Waals surface area contributed by atoms with Crippen molar-refractivity contribution in [2.75, 3.05) is 39.5 Å². The number of hydrogen-bond acceptors (Lipinski definition) is 4. The first-order valence-electron chi connectivity index (χ1n) is 6.96. The number of ether oxygens (including phenoxy) is 1. The van der Waals surface area contributed by atoms with E-state index < -0.39 is 0 Å². The van der Waals surface area contributed by atoms with Crippen LogP contribution in [0.5, 0.6) is 5.75 Å². The number of carbonyl (C=O) groups excluding carboxylic acids is 1. The maximum absolute atomic E-state index is 12.7. The summed E-state index contributed by atoms with van der Waals surface area (Å²) >= 11 is 0. The van der Waals surface area contributed by atoms with Crippen molar-refractivity contribution in [2.45, 2.75) is 19.4 Å². The lowest BCUT2D eigenvalue weighted by molar-refractivity contribution is 0.0696. The summed E-state index contributed by atoms with van der Waals surface area (Å²) in [6, 6.07) is 5.42. The fraction of sp³-hybridized carbons (Fsp3) is 0.533. The van der Waals surface area contributed by atoms with E-state index >= 15 is 0 Å². The second-order valence-electron chi connectivity index (χ2n) is 5.42. The molecule has 0 saturated carbocycles. The largest absolute Gasteiger partial charge is 0.495 e. The topological polar surface area (TPSA) is 58.8 Å². The van der Waals surface area contributed by atoms with Crippen LogP contribution in [0.2, 0.25) is 0 Å². The minimum Gasteiger partial charge on any atom is -0.495 e. The van der Waals surface area contributed by atoms with E-state index in [1.165, 1.54) is 0 Å². The first kappa shape index (κ1) is 14.7. The first-order valence-corrected chi connectivity index (χ1v) is 6.96. The molecule has 5 heteroatoms. The quantitative estimate of drug-likeness (QED) is 0.831. The molecule has 1 aromatic rings. The van der Waals surface area contributed by atoms with Crippen LogP contribution in [0.25, 0.3) is 0 Å². The highest BCUT2D eigenvalue weighted by Crippen LogP contribution is 2.24. The van der Waals surface area contributed by atoms with Gasteiger partial charge in [-0.3, -0.25) is 4.79 Å². The maximum Gasteiger partial charge on any atom is 0.254 e. The zero-order chi connectivity index (χ0) is 14.7. The van der Waals surface area contributed by atoms with Crippen molar-refractivity contribution in [1.82, 2.24) is 9.80 Å². The van der Waals surface area contributed by atoms with Crippen LogP contribution >= 0.6 is 0 Å². The van der Waals surface area contributed by atoms with Gasteiger partial charge in [0.2, 0.25) is 0 Å². The Morgan fingerprint density at radius 1 is 1.40 bits per heavy atom. The third-order valence-corrected chi connectivity index (χ3v) is 3.79. The Morgan fingerprint density at radius 3 is 2.85 bits per heavy atom. The molecule has 5 nitrogen and oxygen atoms in total. The molecule has 1 amide bonds. The van der Waals surface area contributed by atoms with Gasteiger partial charge in [0, 0.05) is 24.7 Å². The fourth-order valence-corrected chi connectivity index (χ4v) is 2.68. The molecule has 1 aliphatic heterocycles. The number of benzene rings is 1. The molecule has 1 heterocycles. The maximum atomic E-state index is 12.7. The summed E-state index contributed by atoms with van der Waals surface area (Å²) in [6.45, 7) is 4.81. The molecule has 2 rings (SSSR count). The first-order chi connectivity index (χ1) is 9.52. The fourth-order valence-electron chi connectivity index (χ4n) is 2.68. The zero-order valence-corrected chi connectivity index (χ0v) is 12.4. The van der Waals surface area contributed by atoms with E-state index in [9.17, 15) is 4.79 Å². The van der Waals surface area contributed by atoms with Gasteiger partial charge in [-0.2, -0.15) is 0 Å². The molecular weight excluding hydrogens is 254 g/mol. The Balaban J connectivity index is 2.21. The van der Waals surface area contributed by atoms with Gasteiger partial charge in [-0.05, 0) is 45.1 Å². The van der Waals surface area contributed by atoms with Gasteiger partial charge < -0.3 is 20.3 Å². The summed E-state index contributed by atoms with van der Waals surface area (Å²) in [5.41, 5.74) is 6.97. The van der Waals surface area contributed by atoms with Gasteiger partial charge >= 0.3 is 0 Å². The van der Waals surface area contributed by atoms with Crippen molar-refractivity contribution < 1.29 is 9.53 Å². The molecule has 0 aromatic heterocycles. The van der Waals surface area contributed by atoms with Gasteiger partial charge in [0.05, 0.1) is 12.8 Å². The van der Waals surface area contributed by atoms with E-state index in [2.05, 4.69) is 18.9 Å². The van der Waals surface area contributed by atoms with Crippen molar-refractivity contribution in [3.63, 3.8) is 0 Å². The van der Waals surface area contributed by atoms with E-state index in [0.717, 1.165) is 26.1 Å². The number of nitrogens with zero attached hydrogens (tertiary/aromatic N) is 2. The van der Waals surface area contributed by atoms with Crippen LogP contribution in [0.15, 0.2) is 18.2 Å². The molecule has 1 unspecified atom stereocenters. The number of hydrogen-bond donors (Lipinski definition) is 1. The molecular formula is C15H23N3O2. The number of nitrogens with two attached hydrogens (primary N) is 1. The van der Waals surface area contributed by atoms with Crippen LogP contribution in [0.3, 0.4) is 0 Å². The highest BCUT2D eigenvalue weighted by Gasteiger charge is 2.25. The molecule has 2 N–H and O–H groups in total. The molecule has 1 atom stereocenters. The third kappa shape index (κ3) is 3.04. The molecule has 20 heavy (non-hydrogen) atoms. The van der Waals surface area contributed by atoms with Crippen LogP contribution in [0.1, 0.15) is 23.7 Å². The number of nitrogen functional groups attached to an aromatic ring is 1. The Morgan fingerprint density at radius 2 is 2.15 bits per heavy atom. The van der Waals surface area contributed by atoms with E-state index in [-0.39, 0.29) is 11.9 Å². The Hall–Kier alpha value is -1.75. The summed E-state index contributed by atoms with van der Waals surface area (Å²) in [7, 11) is 3.65. The number of rotatable bonds is 2. The minimum absolute atomic E-state index is 0.0473. The summed E-state index contributed by atoms with van der Waals surface area (Å²) in [6.07, 6.45) is 0.999. The summed E-state index contributed by atoms with van der Waals surface area (Å²) in [5.74, 6) is 0.599. The lowest BCUT2D eigenvalue weighted by Gasteiger charge is -2.28. The molecule has 0 bridgehead atoms. The van der Waals surface area contributed by atoms with Crippen molar-refractivity contribution in [3.8, 4) is 5.75 Å². The van der Waals surface area contributed by atoms with Gasteiger partial charge in [-0.25, -0.2) is 0 Å². The zero-order valence-electron chi connectivity index (χ0n) is 12.4. The second-order valence-corrected chi connectivity index (χ2v) is 5.42. The number of methoxy groups -OCH3 is 1. The van der Waals surface area contributed by atoms with Crippen molar-refractivity contribution in [3.05, 3.63) is 23.8 Å². The monoisotopic (exact) mass is 277 g/mol. The average molecular weight is 277 g/mol. The van der Waals surface area contributed by atoms with Gasteiger partial charge in [-0.15, -0.1) is 0 Å². The van der Waals surface area contributed by atoms with Gasteiger partial charge in [0.15, 0.2) is 0 Å². The SMILES string of the molecule is COc1cc(C(=O)N2CCCN(C)CC2C)ccc1N. The highest BCUT2D eigenvalue weighted by atomic mass is 16.5. The Kier molecular flexibility index (Phi) is 4.49. The lowest BCUT2D eigenvalue weighted by atomic mass is 10.1. The summed E-state index contributed by atoms with van der Waals surface area (Å²) in [5, 5.41) is 0. The molecule has 1 saturated heterocycles. The minimum atomic E-state index is 0.0473. The molecule has 1 aromatic carbocycles. The van der Waals surface area contributed by atoms with Crippen LogP contribution in [-0.4, -0.2) is 55.5 Å². The van der Waals surface area contributed by atoms with Crippen molar-refractivity contribution >= 4 is 11.6 Å². The van der Waals surface area contributed by atoms with Crippen molar-refractivity contribution in [2.24, 2.45) is 0 Å². The number of anilines is 1. The predicted octanol–water partition coefficient (Wildman–Crippen LogP) is 1.44. The van der Waals surface area contributed by atoms with E-state index in [4.69, 9.17) is 10.5 Å². The molecule has 1 fully saturated rings. The average Bonchev–Trinajstić information content (AvgIpc) is 2.59. The number of carbonyl (C=O) groups is 1. The van der Waals surface area contributed by atoms with Crippen LogP contribution in [0.4, 0.5) is 5.69 Å². The van der Waals surface area contributed by atoms with Crippen LogP contribution < -0.4 is 10.5 Å². The summed E-state index contributed by atoms with van der Waals surface area (Å²) < 4.78 is 5.19. The normalized spacial score (nSPS) is 20.6. The predicted molar refractivity (Wildman–Crippen MR) is 80.0 cm³/mol. The Bertz CT molecular complexity index is 490. The molecule has 0 aliphatic carbocycles. The van der Waals surface area contributed by atoms with Gasteiger partial charge in [-0.1, -0.05) is 0 Å². The third-order valence-electron chi connectivity index (χ3n) is 3.79. The molecule has 110 valence electrons. The van der Waals surface area contributed by atoms with Gasteiger partial charge in [0.1, 0.15) is 5.75 Å². The molecule has 0 radical (unpaired) electrons. The molecule has 0 spiro atoms. The van der Waals surface area contributed by atoms with Gasteiger partial charge in [0.25, 0.3) is 5.91 Å². The second kappa shape index (κ2) is 6.13. The highest BCUT2D eigenvalue weighted by molar-refractivity contribution is 5.95. The number of amides is 1. The lowest BCUT2D eigenvalue weighted by Crippen LogP contribution is -2.42. The smallest absolute Gasteiger partial charge is 0.254 e.